The largest absolute Gasteiger partial charge is 0.464 e. The van der Waals surface area contributed by atoms with Crippen LogP contribution in [0.25, 0.3) is 11.0 Å². The van der Waals surface area contributed by atoms with Gasteiger partial charge in [-0.05, 0) is 43.3 Å². The summed E-state index contributed by atoms with van der Waals surface area (Å²) in [5.74, 6) is 0. The molecule has 0 unspecified atom stereocenters. The molecule has 0 spiro atoms. The van der Waals surface area contributed by atoms with E-state index in [1.165, 1.54) is 0 Å². The number of nitrogens with zero attached hydrogens (tertiary/aromatic N) is 1. The lowest BCUT2D eigenvalue weighted by atomic mass is 10.0. The maximum absolute atomic E-state index is 12.9. The Balaban J connectivity index is 1.68. The second-order valence-corrected chi connectivity index (χ2v) is 7.28. The molecule has 0 radical (unpaired) electrons. The molecule has 3 aromatic rings. The van der Waals surface area contributed by atoms with Crippen molar-refractivity contribution in [2.75, 3.05) is 6.54 Å². The van der Waals surface area contributed by atoms with Crippen molar-refractivity contribution >= 4 is 23.2 Å². The number of fused-ring (bicyclic) bond motifs is 2. The number of benzene rings is 1. The second-order valence-electron chi connectivity index (χ2n) is 6.87. The molecule has 2 N–H and O–H groups in total. The van der Waals surface area contributed by atoms with Gasteiger partial charge in [-0.15, -0.1) is 0 Å². The zero-order chi connectivity index (χ0) is 18.4. The van der Waals surface area contributed by atoms with Crippen LogP contribution in [0.5, 0.6) is 0 Å². The summed E-state index contributed by atoms with van der Waals surface area (Å²) in [7, 11) is 0. The van der Waals surface area contributed by atoms with E-state index in [2.05, 4.69) is 14.9 Å². The Bertz CT molecular complexity index is 1190. The molecule has 1 aliphatic heterocycles. The molecule has 1 aromatic carbocycles. The van der Waals surface area contributed by atoms with Crippen LogP contribution < -0.4 is 11.0 Å². The highest BCUT2D eigenvalue weighted by molar-refractivity contribution is 7.71. The van der Waals surface area contributed by atoms with Crippen molar-refractivity contribution in [3.05, 3.63) is 71.7 Å². The van der Waals surface area contributed by atoms with Crippen LogP contribution in [0.4, 0.5) is 0 Å². The smallest absolute Gasteiger partial charge is 0.256 e. The molecule has 0 aliphatic carbocycles. The maximum atomic E-state index is 12.9. The van der Waals surface area contributed by atoms with Gasteiger partial charge in [-0.2, -0.15) is 0 Å². The Morgan fingerprint density at radius 3 is 2.85 bits per heavy atom. The first-order valence-corrected chi connectivity index (χ1v) is 8.91. The van der Waals surface area contributed by atoms with E-state index in [0.29, 0.717) is 46.4 Å². The molecule has 26 heavy (non-hydrogen) atoms. The summed E-state index contributed by atoms with van der Waals surface area (Å²) in [6, 6.07) is 3.87. The zero-order valence-corrected chi connectivity index (χ0v) is 15.5. The minimum atomic E-state index is -0.162. The molecule has 0 saturated heterocycles. The first kappa shape index (κ1) is 16.9. The quantitative estimate of drug-likeness (QED) is 0.679. The molecule has 0 atom stereocenters. The van der Waals surface area contributed by atoms with Crippen molar-refractivity contribution in [2.24, 2.45) is 0 Å². The molecule has 7 heteroatoms. The molecule has 6 nitrogen and oxygen atoms in total. The Hall–Kier alpha value is -2.51. The van der Waals surface area contributed by atoms with Gasteiger partial charge in [0.25, 0.3) is 5.56 Å². The lowest BCUT2D eigenvalue weighted by Gasteiger charge is -2.27. The van der Waals surface area contributed by atoms with E-state index in [4.69, 9.17) is 16.6 Å². The molecule has 0 fully saturated rings. The van der Waals surface area contributed by atoms with Crippen molar-refractivity contribution in [3.8, 4) is 0 Å². The van der Waals surface area contributed by atoms with Gasteiger partial charge in [0.2, 0.25) is 0 Å². The van der Waals surface area contributed by atoms with Crippen molar-refractivity contribution in [1.82, 2.24) is 14.9 Å². The van der Waals surface area contributed by atoms with Crippen LogP contribution in [0, 0.1) is 18.6 Å². The van der Waals surface area contributed by atoms with Crippen molar-refractivity contribution < 1.29 is 4.42 Å². The Labute approximate surface area is 154 Å². The topological polar surface area (TPSA) is 82.1 Å². The van der Waals surface area contributed by atoms with Crippen LogP contribution >= 0.6 is 12.2 Å². The molecule has 3 heterocycles. The van der Waals surface area contributed by atoms with E-state index < -0.39 is 0 Å². The van der Waals surface area contributed by atoms with Gasteiger partial charge < -0.3 is 9.40 Å². The van der Waals surface area contributed by atoms with E-state index in [9.17, 15) is 9.59 Å². The number of nitrogens with one attached hydrogen (secondary N) is 2. The van der Waals surface area contributed by atoms with E-state index >= 15 is 0 Å². The normalized spacial score (nSPS) is 14.5. The Morgan fingerprint density at radius 2 is 2.04 bits per heavy atom. The van der Waals surface area contributed by atoms with Gasteiger partial charge in [-0.1, -0.05) is 6.07 Å². The van der Waals surface area contributed by atoms with Crippen LogP contribution in [0.3, 0.4) is 0 Å². The van der Waals surface area contributed by atoms with Gasteiger partial charge in [0.1, 0.15) is 5.58 Å². The van der Waals surface area contributed by atoms with E-state index in [0.717, 1.165) is 23.4 Å². The van der Waals surface area contributed by atoms with Crippen molar-refractivity contribution in [3.63, 3.8) is 0 Å². The fourth-order valence-electron chi connectivity index (χ4n) is 3.66. The number of H-pyrrole nitrogens is 2. The number of rotatable bonds is 2. The van der Waals surface area contributed by atoms with Crippen molar-refractivity contribution in [2.45, 2.75) is 33.4 Å². The highest BCUT2D eigenvalue weighted by Gasteiger charge is 2.21. The molecule has 0 saturated carbocycles. The molecule has 2 aromatic heterocycles. The standard InChI is InChI=1S/C19H19N3O3S/c1-10-5-11(2)16-15(6-10)25-9-12(17(16)23)7-22-4-3-14-13(8-22)18(24)21-19(26)20-14/h5-6,9H,3-4,7-8H2,1-2H3,(H2,20,21,24,26). The van der Waals surface area contributed by atoms with Crippen LogP contribution in [0.15, 0.2) is 32.4 Å². The zero-order valence-electron chi connectivity index (χ0n) is 14.6. The number of aromatic amines is 2. The number of aryl methyl sites for hydroxylation is 2. The van der Waals surface area contributed by atoms with Crippen LogP contribution in [0.2, 0.25) is 0 Å². The van der Waals surface area contributed by atoms with Crippen LogP contribution in [-0.4, -0.2) is 21.4 Å². The average molecular weight is 369 g/mol. The third-order valence-corrected chi connectivity index (χ3v) is 5.08. The molecule has 0 amide bonds. The summed E-state index contributed by atoms with van der Waals surface area (Å²) in [6.07, 6.45) is 2.24. The lowest BCUT2D eigenvalue weighted by Crippen LogP contribution is -2.36. The van der Waals surface area contributed by atoms with E-state index in [1.54, 1.807) is 6.26 Å². The number of hydrogen-bond donors (Lipinski definition) is 2. The summed E-state index contributed by atoms with van der Waals surface area (Å²) >= 11 is 5.02. The molecular formula is C19H19N3O3S. The lowest BCUT2D eigenvalue weighted by molar-refractivity contribution is 0.239. The number of aromatic nitrogens is 2. The Kier molecular flexibility index (Phi) is 4.13. The fourth-order valence-corrected chi connectivity index (χ4v) is 3.87. The monoisotopic (exact) mass is 369 g/mol. The van der Waals surface area contributed by atoms with Gasteiger partial charge in [0, 0.05) is 37.3 Å². The molecular weight excluding hydrogens is 350 g/mol. The second kappa shape index (κ2) is 6.34. The average Bonchev–Trinajstić information content (AvgIpc) is 2.57. The first-order chi connectivity index (χ1) is 12.4. The third-order valence-electron chi connectivity index (χ3n) is 4.87. The van der Waals surface area contributed by atoms with Gasteiger partial charge >= 0.3 is 0 Å². The summed E-state index contributed by atoms with van der Waals surface area (Å²) in [5, 5.41) is 0.632. The summed E-state index contributed by atoms with van der Waals surface area (Å²) in [6.45, 7) is 5.57. The minimum absolute atomic E-state index is 0.00377. The predicted molar refractivity (Wildman–Crippen MR) is 102 cm³/mol. The van der Waals surface area contributed by atoms with E-state index in [1.807, 2.05) is 26.0 Å². The summed E-state index contributed by atoms with van der Waals surface area (Å²) < 4.78 is 6.07. The minimum Gasteiger partial charge on any atom is -0.464 e. The van der Waals surface area contributed by atoms with Crippen molar-refractivity contribution in [1.29, 1.82) is 0 Å². The first-order valence-electron chi connectivity index (χ1n) is 8.50. The number of hydrogen-bond acceptors (Lipinski definition) is 5. The summed E-state index contributed by atoms with van der Waals surface area (Å²) in [4.78, 5) is 32.8. The molecule has 134 valence electrons. The third kappa shape index (κ3) is 2.93. The van der Waals surface area contributed by atoms with E-state index in [-0.39, 0.29) is 11.0 Å². The van der Waals surface area contributed by atoms with Gasteiger partial charge in [0.15, 0.2) is 10.2 Å². The van der Waals surface area contributed by atoms with Gasteiger partial charge in [0.05, 0.1) is 17.2 Å². The summed E-state index contributed by atoms with van der Waals surface area (Å²) in [5.41, 5.74) is 4.60. The van der Waals surface area contributed by atoms with Crippen LogP contribution in [0.1, 0.15) is 27.9 Å². The Morgan fingerprint density at radius 1 is 1.23 bits per heavy atom. The SMILES string of the molecule is Cc1cc(C)c2c(=O)c(CN3CCc4[nH]c(=S)[nH]c(=O)c4C3)coc2c1. The molecule has 4 rings (SSSR count). The predicted octanol–water partition coefficient (Wildman–Crippen LogP) is 2.71. The van der Waals surface area contributed by atoms with Gasteiger partial charge in [-0.25, -0.2) is 0 Å². The highest BCUT2D eigenvalue weighted by atomic mass is 32.1. The molecule has 1 aliphatic rings. The van der Waals surface area contributed by atoms with Crippen LogP contribution in [-0.2, 0) is 19.5 Å². The molecule has 0 bridgehead atoms. The highest BCUT2D eigenvalue weighted by Crippen LogP contribution is 2.20. The maximum Gasteiger partial charge on any atom is 0.256 e. The fraction of sp³-hybridized carbons (Fsp3) is 0.316. The van der Waals surface area contributed by atoms with Gasteiger partial charge in [-0.3, -0.25) is 19.5 Å².